The summed E-state index contributed by atoms with van der Waals surface area (Å²) in [5, 5.41) is 18.9. The lowest BCUT2D eigenvalue weighted by Crippen LogP contribution is -2.60. The highest BCUT2D eigenvalue weighted by molar-refractivity contribution is 5.92. The van der Waals surface area contributed by atoms with Gasteiger partial charge in [0, 0.05) is 52.7 Å². The zero-order chi connectivity index (χ0) is 48.8. The number of benzene rings is 1. The fourth-order valence-corrected chi connectivity index (χ4v) is 8.52. The fourth-order valence-electron chi connectivity index (χ4n) is 8.52. The summed E-state index contributed by atoms with van der Waals surface area (Å²) in [6.45, 7) is 14.5. The lowest BCUT2D eigenvalue weighted by molar-refractivity contribution is -0.149. The second kappa shape index (κ2) is 29.0. The van der Waals surface area contributed by atoms with Gasteiger partial charge < -0.3 is 49.4 Å². The third-order valence-corrected chi connectivity index (χ3v) is 12.3. The van der Waals surface area contributed by atoms with E-state index in [-0.39, 0.29) is 87.7 Å². The van der Waals surface area contributed by atoms with Crippen molar-refractivity contribution in [2.75, 3.05) is 67.8 Å². The number of hydrogen-bond acceptors (Lipinski definition) is 11. The van der Waals surface area contributed by atoms with E-state index in [1.807, 2.05) is 47.6 Å². The maximum absolute atomic E-state index is 14.5. The minimum Gasteiger partial charge on any atom is -0.480 e. The molecule has 0 aliphatic carbocycles. The third-order valence-electron chi connectivity index (χ3n) is 12.3. The highest BCUT2D eigenvalue weighted by Gasteiger charge is 2.43. The zero-order valence-electron chi connectivity index (χ0n) is 40.4. The van der Waals surface area contributed by atoms with Crippen molar-refractivity contribution in [2.24, 2.45) is 28.8 Å². The van der Waals surface area contributed by atoms with Gasteiger partial charge in [-0.3, -0.25) is 24.0 Å². The van der Waals surface area contributed by atoms with E-state index in [9.17, 15) is 33.9 Å². The maximum Gasteiger partial charge on any atom is 0.326 e. The van der Waals surface area contributed by atoms with Crippen molar-refractivity contribution < 1.29 is 52.8 Å². The molecule has 1 unspecified atom stereocenters. The Morgan fingerprint density at radius 1 is 0.892 bits per heavy atom. The Morgan fingerprint density at radius 3 is 2.09 bits per heavy atom. The molecule has 2 rings (SSSR count). The van der Waals surface area contributed by atoms with E-state index in [1.165, 1.54) is 19.1 Å². The average Bonchev–Trinajstić information content (AvgIpc) is 3.76. The van der Waals surface area contributed by atoms with Crippen LogP contribution in [0.2, 0.25) is 0 Å². The van der Waals surface area contributed by atoms with Gasteiger partial charge in [0.1, 0.15) is 18.1 Å². The molecule has 1 fully saturated rings. The van der Waals surface area contributed by atoms with Gasteiger partial charge in [-0.1, -0.05) is 90.3 Å². The molecule has 0 bridgehead atoms. The summed E-state index contributed by atoms with van der Waals surface area (Å²) in [5.41, 5.74) is 9.10. The van der Waals surface area contributed by atoms with Crippen LogP contribution in [0.5, 0.6) is 0 Å². The number of likely N-dealkylation sites (N-methyl/N-ethyl adjacent to an activating group) is 2. The van der Waals surface area contributed by atoms with Crippen LogP contribution in [0.15, 0.2) is 35.4 Å². The summed E-state index contributed by atoms with van der Waals surface area (Å²) in [7, 11) is 6.18. The number of rotatable bonds is 30. The van der Waals surface area contributed by atoms with Gasteiger partial charge in [0.05, 0.1) is 69.5 Å². The molecule has 0 spiro atoms. The van der Waals surface area contributed by atoms with Crippen molar-refractivity contribution >= 4 is 35.5 Å². The largest absolute Gasteiger partial charge is 0.480 e. The van der Waals surface area contributed by atoms with Gasteiger partial charge in [0.2, 0.25) is 29.5 Å². The molecule has 65 heavy (non-hydrogen) atoms. The van der Waals surface area contributed by atoms with Gasteiger partial charge >= 0.3 is 5.97 Å². The number of methoxy groups -OCH3 is 2. The Labute approximate surface area is 385 Å². The summed E-state index contributed by atoms with van der Waals surface area (Å²) in [5.74, 6) is -4.62. The SMILES string of the molecule is CC[C@@H](C)[C@@H](C(CC(=O)N1CCC[C@H]1[C@H](OC)[C@@H](C)C(=O)N[C@@H](Cc1ccccc1)C(=O)O)OC)N(C)C(=O)[C@@H](NC(=O)[C@H](C(C)C)N(C)C(=O)CCOCCOCCN=[N+]=[N-])C(C)C. The zero-order valence-corrected chi connectivity index (χ0v) is 40.4. The van der Waals surface area contributed by atoms with Crippen LogP contribution in [-0.2, 0) is 54.1 Å². The molecular formula is C46H76N8O11. The molecule has 1 heterocycles. The molecule has 366 valence electrons. The molecule has 1 aliphatic rings. The second-order valence-corrected chi connectivity index (χ2v) is 17.5. The highest BCUT2D eigenvalue weighted by Crippen LogP contribution is 2.30. The van der Waals surface area contributed by atoms with E-state index in [4.69, 9.17) is 24.5 Å². The van der Waals surface area contributed by atoms with Gasteiger partial charge in [-0.05, 0) is 41.7 Å². The Morgan fingerprint density at radius 2 is 1.54 bits per heavy atom. The lowest BCUT2D eigenvalue weighted by Gasteiger charge is -2.41. The van der Waals surface area contributed by atoms with E-state index in [2.05, 4.69) is 20.7 Å². The first-order valence-corrected chi connectivity index (χ1v) is 22.8. The first kappa shape index (κ1) is 56.3. The van der Waals surface area contributed by atoms with Crippen molar-refractivity contribution in [1.29, 1.82) is 0 Å². The van der Waals surface area contributed by atoms with E-state index in [1.54, 1.807) is 55.1 Å². The van der Waals surface area contributed by atoms with Gasteiger partial charge in [-0.15, -0.1) is 0 Å². The maximum atomic E-state index is 14.5. The van der Waals surface area contributed by atoms with Crippen molar-refractivity contribution in [1.82, 2.24) is 25.3 Å². The van der Waals surface area contributed by atoms with Crippen molar-refractivity contribution in [3.05, 3.63) is 46.3 Å². The quantitative estimate of drug-likeness (QED) is 0.0430. The van der Waals surface area contributed by atoms with E-state index < -0.39 is 66.1 Å². The first-order chi connectivity index (χ1) is 30.9. The van der Waals surface area contributed by atoms with Gasteiger partial charge in [0.25, 0.3) is 0 Å². The summed E-state index contributed by atoms with van der Waals surface area (Å²) in [4.78, 5) is 89.1. The van der Waals surface area contributed by atoms with Crippen LogP contribution in [0.4, 0.5) is 0 Å². The number of hydrogen-bond donors (Lipinski definition) is 3. The van der Waals surface area contributed by atoms with Crippen LogP contribution < -0.4 is 10.6 Å². The molecule has 1 aliphatic heterocycles. The number of nitrogens with zero attached hydrogens (tertiary/aromatic N) is 6. The van der Waals surface area contributed by atoms with Crippen LogP contribution in [0, 0.1) is 23.7 Å². The second-order valence-electron chi connectivity index (χ2n) is 17.5. The molecule has 19 nitrogen and oxygen atoms in total. The van der Waals surface area contributed by atoms with Gasteiger partial charge in [-0.25, -0.2) is 4.79 Å². The lowest BCUT2D eigenvalue weighted by atomic mass is 9.89. The third kappa shape index (κ3) is 17.2. The summed E-state index contributed by atoms with van der Waals surface area (Å²) >= 11 is 0. The Balaban J connectivity index is 2.20. The van der Waals surface area contributed by atoms with E-state index in [0.717, 1.165) is 5.56 Å². The number of carbonyl (C=O) groups excluding carboxylic acids is 5. The number of carboxylic acid groups (broad SMARTS) is 1. The number of nitrogens with one attached hydrogen (secondary N) is 2. The van der Waals surface area contributed by atoms with Crippen LogP contribution in [0.25, 0.3) is 10.4 Å². The smallest absolute Gasteiger partial charge is 0.326 e. The number of azide groups is 1. The number of carboxylic acids is 1. The standard InChI is InChI=1S/C46H76N8O11/c1-12-31(6)41(53(9)45(59)39(29(2)3)50-44(58)40(30(4)5)52(8)37(55)20-23-64-25-26-65-24-21-48-51-47)36(62-10)28-38(56)54-22-16-19-35(54)42(63-11)32(7)43(57)49-34(46(60)61)27-33-17-14-13-15-18-33/h13-15,17-18,29-32,34-36,39-42H,12,16,19-28H2,1-11H3,(H,49,57)(H,50,58)(H,60,61)/t31-,32-,34+,35+,36?,39+,40+,41+,42-/m1/s1. The molecule has 19 heteroatoms. The number of aliphatic carboxylic acids is 1. The predicted octanol–water partition coefficient (Wildman–Crippen LogP) is 4.08. The Kier molecular flexibility index (Phi) is 25.1. The molecule has 1 aromatic rings. The average molecular weight is 917 g/mol. The molecule has 0 saturated carbocycles. The predicted molar refractivity (Wildman–Crippen MR) is 244 cm³/mol. The van der Waals surface area contributed by atoms with Crippen LogP contribution in [-0.4, -0.2) is 166 Å². The molecule has 9 atom stereocenters. The number of carbonyl (C=O) groups is 6. The van der Waals surface area contributed by atoms with Crippen LogP contribution in [0.1, 0.15) is 86.1 Å². The fraction of sp³-hybridized carbons (Fsp3) is 0.739. The molecule has 3 N–H and O–H groups in total. The number of amides is 5. The van der Waals surface area contributed by atoms with Gasteiger partial charge in [0.15, 0.2) is 0 Å². The summed E-state index contributed by atoms with van der Waals surface area (Å²) in [6, 6.07) is 4.97. The molecular weight excluding hydrogens is 841 g/mol. The van der Waals surface area contributed by atoms with E-state index in [0.29, 0.717) is 25.8 Å². The summed E-state index contributed by atoms with van der Waals surface area (Å²) < 4.78 is 22.7. The van der Waals surface area contributed by atoms with Crippen LogP contribution in [0.3, 0.4) is 0 Å². The Bertz CT molecular complexity index is 1710. The molecule has 5 amide bonds. The molecule has 0 radical (unpaired) electrons. The van der Waals surface area contributed by atoms with Crippen molar-refractivity contribution in [3.8, 4) is 0 Å². The number of likely N-dealkylation sites (tertiary alicyclic amines) is 1. The highest BCUT2D eigenvalue weighted by atomic mass is 16.5. The topological polar surface area (TPSA) is 242 Å². The van der Waals surface area contributed by atoms with Gasteiger partial charge in [-0.2, -0.15) is 0 Å². The first-order valence-electron chi connectivity index (χ1n) is 22.8. The minimum absolute atomic E-state index is 0.0236. The normalized spacial score (nSPS) is 17.5. The number of ether oxygens (including phenoxy) is 4. The summed E-state index contributed by atoms with van der Waals surface area (Å²) in [6.07, 6.45) is 0.457. The molecule has 0 aromatic heterocycles. The Hall–Kier alpha value is -4.81. The van der Waals surface area contributed by atoms with E-state index >= 15 is 0 Å². The molecule has 1 saturated heterocycles. The van der Waals surface area contributed by atoms with Crippen molar-refractivity contribution in [3.63, 3.8) is 0 Å². The van der Waals surface area contributed by atoms with Crippen LogP contribution >= 0.6 is 0 Å². The molecule has 1 aromatic carbocycles. The monoisotopic (exact) mass is 917 g/mol. The minimum atomic E-state index is -1.16. The van der Waals surface area contributed by atoms with Crippen molar-refractivity contribution in [2.45, 2.75) is 129 Å².